The number of para-hydroxylation sites is 4. The van der Waals surface area contributed by atoms with Gasteiger partial charge in [0.15, 0.2) is 0 Å². The van der Waals surface area contributed by atoms with Gasteiger partial charge >= 0.3 is 30.2 Å². The molecule has 5 aliphatic heterocycles. The van der Waals surface area contributed by atoms with E-state index in [1.807, 2.05) is 309 Å². The van der Waals surface area contributed by atoms with Crippen LogP contribution in [0.4, 0.5) is 46.7 Å². The number of nitrogens with zero attached hydrogens (tertiary/aromatic N) is 10. The van der Waals surface area contributed by atoms with Crippen molar-refractivity contribution in [2.24, 2.45) is 17.8 Å². The number of rotatable bonds is 24. The van der Waals surface area contributed by atoms with Crippen LogP contribution < -0.4 is 19.6 Å². The van der Waals surface area contributed by atoms with E-state index in [0.717, 1.165) is 74.6 Å². The Morgan fingerprint density at radius 3 is 0.521 bits per heavy atom. The molecule has 0 spiro atoms. The van der Waals surface area contributed by atoms with Crippen molar-refractivity contribution in [3.63, 3.8) is 0 Å². The number of amides is 20. The lowest BCUT2D eigenvalue weighted by Gasteiger charge is -2.37. The first-order valence-corrected chi connectivity index (χ1v) is 46.9. The molecule has 25 heteroatoms. The maximum absolute atomic E-state index is 13.2. The molecule has 5 heterocycles. The minimum Gasteiger partial charge on any atom is -0.273 e. The van der Waals surface area contributed by atoms with Crippen molar-refractivity contribution >= 4 is 112 Å². The molecule has 714 valence electrons. The van der Waals surface area contributed by atoms with Crippen molar-refractivity contribution < 1.29 is 71.9 Å². The number of imide groups is 10. The fourth-order valence-electron chi connectivity index (χ4n) is 17.4. The molecular weight excluding hydrogens is 1810 g/mol. The van der Waals surface area contributed by atoms with Crippen LogP contribution in [0.5, 0.6) is 0 Å². The van der Waals surface area contributed by atoms with Gasteiger partial charge in [-0.15, -0.1) is 0 Å². The van der Waals surface area contributed by atoms with Crippen molar-refractivity contribution in [2.45, 2.75) is 70.4 Å². The van der Waals surface area contributed by atoms with E-state index in [9.17, 15) is 71.9 Å². The molecule has 5 saturated heterocycles. The molecule has 144 heavy (non-hydrogen) atoms. The molecule has 5 aliphatic rings. The molecule has 5 fully saturated rings. The van der Waals surface area contributed by atoms with E-state index >= 15 is 0 Å². The molecule has 15 aromatic carbocycles. The minimum absolute atomic E-state index is 0.110. The zero-order valence-electron chi connectivity index (χ0n) is 78.1. The summed E-state index contributed by atoms with van der Waals surface area (Å²) < 4.78 is 0. The Hall–Kier alpha value is -18.7. The van der Waals surface area contributed by atoms with Crippen LogP contribution in [-0.2, 0) is 106 Å². The van der Waals surface area contributed by atoms with Crippen molar-refractivity contribution in [2.75, 3.05) is 19.6 Å². The summed E-state index contributed by atoms with van der Waals surface area (Å²) in [7, 11) is 0. The minimum atomic E-state index is -1.05. The predicted molar refractivity (Wildman–Crippen MR) is 544 cm³/mol. The molecule has 0 bridgehead atoms. The van der Waals surface area contributed by atoms with E-state index in [1.54, 1.807) is 146 Å². The molecule has 15 aromatic rings. The first kappa shape index (κ1) is 98.4. The van der Waals surface area contributed by atoms with Gasteiger partial charge < -0.3 is 0 Å². The number of barbiturate groups is 5. The highest BCUT2D eigenvalue weighted by Crippen LogP contribution is 2.37. The van der Waals surface area contributed by atoms with Gasteiger partial charge in [-0.1, -0.05) is 406 Å². The number of hydrogen-bond acceptors (Lipinski definition) is 15. The summed E-state index contributed by atoms with van der Waals surface area (Å²) >= 11 is 0. The lowest BCUT2D eigenvalue weighted by atomic mass is 9.93. The molecular formula is C119H98N10O15. The standard InChI is InChI=1S/C25H22N2O3.2C24H20N2O3.2C23H18N2O3/c28-23-22(16-19-10-4-1-5-11-19)24(29)27(18-21-14-8-3-9-15-21)25(30)26(23)17-20-12-6-2-7-13-20;27-22-21(20-14-8-3-9-15-20)23(28)26(17-19-12-6-2-7-13-19)24(29)25(22)16-18-10-4-1-5-11-18;27-22-21(16-18-10-4-1-5-11-18)23(28)26(20-14-8-3-9-15-20)24(29)25(22)17-19-12-6-2-7-13-19;26-21-20(18-12-6-2-7-13-18)22(27)25(19-14-8-3-9-15-19)23(28)24(21)16-17-10-4-1-5-11-17;26-21-20(16-17-10-4-1-5-11-17)22(27)25(19-14-8-3-9-15-19)23(28)24(21)18-12-6-2-7-13-18/h1-15,22H,16-18H2;2*1-15,21H,16-17H2;2*1-15,20H,16H2. The van der Waals surface area contributed by atoms with Crippen molar-refractivity contribution in [3.05, 3.63) is 516 Å². The Bertz CT molecular complexity index is 6310. The summed E-state index contributed by atoms with van der Waals surface area (Å²) in [4.78, 5) is 209. The summed E-state index contributed by atoms with van der Waals surface area (Å²) in [5.41, 5.74) is 10.6. The molecule has 0 saturated carbocycles. The lowest BCUT2D eigenvalue weighted by molar-refractivity contribution is -0.151. The Morgan fingerprint density at radius 2 is 0.292 bits per heavy atom. The fourth-order valence-corrected chi connectivity index (χ4v) is 17.4. The third-order valence-electron chi connectivity index (χ3n) is 24.7. The highest BCUT2D eigenvalue weighted by Gasteiger charge is 2.52. The lowest BCUT2D eigenvalue weighted by Crippen LogP contribution is -2.61. The third-order valence-corrected chi connectivity index (χ3v) is 24.7. The van der Waals surface area contributed by atoms with Crippen molar-refractivity contribution in [1.29, 1.82) is 0 Å². The number of benzene rings is 15. The van der Waals surface area contributed by atoms with Crippen LogP contribution in [0.2, 0.25) is 0 Å². The number of carbonyl (C=O) groups is 15. The average molecular weight is 1910 g/mol. The summed E-state index contributed by atoms with van der Waals surface area (Å²) in [6, 6.07) is 134. The number of carbonyl (C=O) groups excluding carboxylic acids is 15. The van der Waals surface area contributed by atoms with Gasteiger partial charge in [0.25, 0.3) is 5.91 Å². The van der Waals surface area contributed by atoms with Crippen LogP contribution in [0.25, 0.3) is 0 Å². The summed E-state index contributed by atoms with van der Waals surface area (Å²) in [6.45, 7) is 0.768. The van der Waals surface area contributed by atoms with Crippen LogP contribution in [0.15, 0.2) is 455 Å². The second-order valence-corrected chi connectivity index (χ2v) is 34.3. The van der Waals surface area contributed by atoms with E-state index in [1.165, 1.54) is 24.5 Å². The molecule has 0 N–H and O–H groups in total. The largest absolute Gasteiger partial charge is 0.342 e. The molecule has 0 aliphatic carbocycles. The maximum atomic E-state index is 13.2. The number of urea groups is 5. The SMILES string of the molecule is O=C1C(Cc2ccccc2)C(=O)N(Cc2ccccc2)C(=O)N1Cc1ccccc1.O=C1C(Cc2ccccc2)C(=O)N(c2ccccc2)C(=O)N1Cc1ccccc1.O=C1C(Cc2ccccc2)C(=O)N(c2ccccc2)C(=O)N1c1ccccc1.O=C1C(c2ccccc2)C(=O)N(Cc2ccccc2)C(=O)N1Cc1ccccc1.O=C1C(c2ccccc2)C(=O)N(c2ccccc2)C(=O)N1Cc1ccccc1. The first-order valence-electron chi connectivity index (χ1n) is 46.9. The van der Waals surface area contributed by atoms with Crippen LogP contribution in [0.1, 0.15) is 73.0 Å². The molecule has 20 amide bonds. The fraction of sp³-hybridized carbons (Fsp3) is 0.118. The normalized spacial score (nSPS) is 15.9. The summed E-state index contributed by atoms with van der Waals surface area (Å²) in [6.07, 6.45) is 0.751. The van der Waals surface area contributed by atoms with Gasteiger partial charge in [0.05, 0.1) is 62.0 Å². The summed E-state index contributed by atoms with van der Waals surface area (Å²) in [5.74, 6) is -9.76. The van der Waals surface area contributed by atoms with Crippen molar-refractivity contribution in [1.82, 2.24) is 29.4 Å². The van der Waals surface area contributed by atoms with Crippen LogP contribution in [0.3, 0.4) is 0 Å². The Balaban J connectivity index is 0.000000129. The number of anilines is 4. The summed E-state index contributed by atoms with van der Waals surface area (Å²) in [5, 5.41) is 0. The monoisotopic (exact) mass is 1910 g/mol. The van der Waals surface area contributed by atoms with E-state index in [4.69, 9.17) is 0 Å². The first-order chi connectivity index (χ1) is 70.3. The van der Waals surface area contributed by atoms with Gasteiger partial charge in [-0.25, -0.2) is 43.6 Å². The van der Waals surface area contributed by atoms with Crippen molar-refractivity contribution in [3.8, 4) is 0 Å². The van der Waals surface area contributed by atoms with Crippen LogP contribution >= 0.6 is 0 Å². The highest BCUT2D eigenvalue weighted by atomic mass is 16.2. The predicted octanol–water partition coefficient (Wildman–Crippen LogP) is 20.0. The zero-order valence-corrected chi connectivity index (χ0v) is 78.1. The van der Waals surface area contributed by atoms with Crippen LogP contribution in [-0.4, -0.2) is 119 Å². The van der Waals surface area contributed by atoms with Gasteiger partial charge in [0, 0.05) is 0 Å². The van der Waals surface area contributed by atoms with E-state index in [0.29, 0.717) is 33.9 Å². The second kappa shape index (κ2) is 47.1. The Kier molecular flexibility index (Phi) is 32.2. The van der Waals surface area contributed by atoms with Gasteiger partial charge in [-0.05, 0) is 129 Å². The van der Waals surface area contributed by atoms with E-state index in [-0.39, 0.29) is 58.5 Å². The Labute approximate surface area is 832 Å². The molecule has 0 radical (unpaired) electrons. The number of hydrogen-bond donors (Lipinski definition) is 0. The van der Waals surface area contributed by atoms with E-state index < -0.39 is 119 Å². The zero-order chi connectivity index (χ0) is 100. The molecule has 2 atom stereocenters. The van der Waals surface area contributed by atoms with Gasteiger partial charge in [0.2, 0.25) is 53.2 Å². The maximum Gasteiger partial charge on any atom is 0.342 e. The molecule has 0 aromatic heterocycles. The van der Waals surface area contributed by atoms with Crippen LogP contribution in [0, 0.1) is 17.8 Å². The highest BCUT2D eigenvalue weighted by molar-refractivity contribution is 6.37. The van der Waals surface area contributed by atoms with E-state index in [2.05, 4.69) is 0 Å². The Morgan fingerprint density at radius 1 is 0.139 bits per heavy atom. The average Bonchev–Trinajstić information content (AvgIpc) is 0.761. The second-order valence-electron chi connectivity index (χ2n) is 34.3. The smallest absolute Gasteiger partial charge is 0.273 e. The quantitative estimate of drug-likeness (QED) is 0.0508. The van der Waals surface area contributed by atoms with Gasteiger partial charge in [-0.3, -0.25) is 77.3 Å². The molecule has 20 rings (SSSR count). The van der Waals surface area contributed by atoms with Gasteiger partial charge in [0.1, 0.15) is 29.6 Å². The van der Waals surface area contributed by atoms with Gasteiger partial charge in [-0.2, -0.15) is 0 Å². The third kappa shape index (κ3) is 23.3. The molecule has 2 unspecified atom stereocenters. The topological polar surface area (TPSA) is 288 Å². The molecule has 25 nitrogen and oxygen atoms in total.